The van der Waals surface area contributed by atoms with Crippen molar-refractivity contribution in [2.24, 2.45) is 10.8 Å². The van der Waals surface area contributed by atoms with Crippen LogP contribution in [-0.4, -0.2) is 97.4 Å². The van der Waals surface area contributed by atoms with Crippen molar-refractivity contribution in [2.45, 2.75) is 104 Å². The molecule has 6 atom stereocenters. The molecule has 0 bridgehead atoms. The lowest BCUT2D eigenvalue weighted by atomic mass is 9.51. The fourth-order valence-corrected chi connectivity index (χ4v) is 8.58. The first-order valence-corrected chi connectivity index (χ1v) is 20.2. The molecule has 2 heterocycles. The van der Waals surface area contributed by atoms with Gasteiger partial charge in [-0.25, -0.2) is 18.4 Å². The van der Waals surface area contributed by atoms with Gasteiger partial charge in [0.25, 0.3) is 0 Å². The maximum absolute atomic E-state index is 14.7. The highest BCUT2D eigenvalue weighted by Gasteiger charge is 2.66. The second-order valence-corrected chi connectivity index (χ2v) is 15.6. The molecule has 0 aromatic heterocycles. The zero-order valence-corrected chi connectivity index (χ0v) is 37.0. The zero-order valence-electron chi connectivity index (χ0n) is 37.0. The summed E-state index contributed by atoms with van der Waals surface area (Å²) in [7, 11) is 1.06. The minimum Gasteiger partial charge on any atom is -0.481 e. The average Bonchev–Trinajstić information content (AvgIpc) is 3.20. The van der Waals surface area contributed by atoms with E-state index in [2.05, 4.69) is 10.6 Å². The van der Waals surface area contributed by atoms with E-state index in [0.29, 0.717) is 0 Å². The number of piperidine rings is 1. The minimum atomic E-state index is -4.83. The number of benzene rings is 2. The Kier molecular flexibility index (Phi) is 17.7. The molecule has 0 radical (unpaired) electrons. The number of carboxylic acids is 2. The summed E-state index contributed by atoms with van der Waals surface area (Å²) in [5.41, 5.74) is -6.52. The molecular formula is C44H50F8N2O12. The van der Waals surface area contributed by atoms with Crippen LogP contribution in [0.4, 0.5) is 35.1 Å². The number of esters is 4. The number of hydrogen-bond acceptors (Lipinski definition) is 12. The number of hydrogen-bond donors (Lipinski definition) is 4. The third-order valence-corrected chi connectivity index (χ3v) is 11.6. The quantitative estimate of drug-likeness (QED) is 0.0860. The molecule has 0 spiro atoms. The number of carbonyl (C=O) groups is 6. The van der Waals surface area contributed by atoms with Crippen LogP contribution in [0.15, 0.2) is 58.9 Å². The number of carboxylic acid groups (broad SMARTS) is 2. The summed E-state index contributed by atoms with van der Waals surface area (Å²) < 4.78 is 129. The highest BCUT2D eigenvalue weighted by atomic mass is 19.4. The molecule has 14 nitrogen and oxygen atoms in total. The summed E-state index contributed by atoms with van der Waals surface area (Å²) in [5, 5.41) is 26.2. The van der Waals surface area contributed by atoms with Crippen LogP contribution in [0.25, 0.3) is 0 Å². The minimum absolute atomic E-state index is 0.0129. The second kappa shape index (κ2) is 21.5. The Hall–Kier alpha value is -6.06. The smallest absolute Gasteiger partial charge is 0.393 e. The maximum Gasteiger partial charge on any atom is 0.393 e. The van der Waals surface area contributed by atoms with Crippen LogP contribution in [0.1, 0.15) is 89.0 Å². The molecule has 0 aliphatic carbocycles. The maximum atomic E-state index is 14.7. The van der Waals surface area contributed by atoms with E-state index in [0.717, 1.165) is 45.2 Å². The Labute approximate surface area is 373 Å². The van der Waals surface area contributed by atoms with Crippen LogP contribution in [0.5, 0.6) is 0 Å². The number of alkyl halides is 6. The number of methoxy groups -OCH3 is 1. The Bertz CT molecular complexity index is 2260. The monoisotopic (exact) mass is 950 g/mol. The molecule has 6 unspecified atom stereocenters. The molecular weight excluding hydrogens is 900 g/mol. The summed E-state index contributed by atoms with van der Waals surface area (Å²) in [4.78, 5) is 73.6. The molecule has 1 fully saturated rings. The largest absolute Gasteiger partial charge is 0.481 e. The van der Waals surface area contributed by atoms with E-state index in [1.54, 1.807) is 0 Å². The van der Waals surface area contributed by atoms with Gasteiger partial charge in [-0.3, -0.25) is 19.2 Å². The summed E-state index contributed by atoms with van der Waals surface area (Å²) in [6.45, 7) is 8.28. The van der Waals surface area contributed by atoms with Gasteiger partial charge in [0.1, 0.15) is 24.8 Å². The molecule has 1 saturated heterocycles. The Balaban J connectivity index is 0.000000350. The van der Waals surface area contributed by atoms with Gasteiger partial charge in [-0.05, 0) is 57.4 Å². The highest BCUT2D eigenvalue weighted by Crippen LogP contribution is 2.58. The molecule has 364 valence electrons. The first-order valence-electron chi connectivity index (χ1n) is 20.2. The molecule has 4 rings (SSSR count). The van der Waals surface area contributed by atoms with Crippen molar-refractivity contribution in [3.8, 4) is 0 Å². The topological polar surface area (TPSA) is 204 Å². The predicted molar refractivity (Wildman–Crippen MR) is 215 cm³/mol. The van der Waals surface area contributed by atoms with Crippen molar-refractivity contribution in [3.63, 3.8) is 0 Å². The molecule has 2 aliphatic heterocycles. The number of halogens is 8. The number of rotatable bonds is 14. The lowest BCUT2D eigenvalue weighted by Crippen LogP contribution is -2.70. The first-order chi connectivity index (χ1) is 30.5. The number of dihydropyridines is 1. The van der Waals surface area contributed by atoms with E-state index >= 15 is 0 Å². The Morgan fingerprint density at radius 3 is 1.71 bits per heavy atom. The molecule has 0 amide bonds. The number of nitrogens with one attached hydrogen (secondary N) is 2. The predicted octanol–water partition coefficient (Wildman–Crippen LogP) is 6.95. The average molecular weight is 951 g/mol. The highest BCUT2D eigenvalue weighted by molar-refractivity contribution is 6.00. The number of allylic oxidation sites excluding steroid dienone is 1. The molecule has 2 aromatic carbocycles. The summed E-state index contributed by atoms with van der Waals surface area (Å²) in [5.74, 6) is -11.7. The molecule has 66 heavy (non-hydrogen) atoms. The molecule has 22 heteroatoms. The van der Waals surface area contributed by atoms with Crippen LogP contribution in [0.3, 0.4) is 0 Å². The molecule has 2 aliphatic rings. The normalized spacial score (nSPS) is 23.2. The van der Waals surface area contributed by atoms with Crippen molar-refractivity contribution in [1.29, 1.82) is 0 Å². The van der Waals surface area contributed by atoms with Crippen molar-refractivity contribution >= 4 is 35.8 Å². The molecule has 4 N–H and O–H groups in total. The van der Waals surface area contributed by atoms with Gasteiger partial charge in [0.15, 0.2) is 0 Å². The van der Waals surface area contributed by atoms with Gasteiger partial charge in [0.2, 0.25) is 0 Å². The van der Waals surface area contributed by atoms with Crippen LogP contribution in [0.2, 0.25) is 0 Å². The summed E-state index contributed by atoms with van der Waals surface area (Å²) >= 11 is 0. The van der Waals surface area contributed by atoms with Gasteiger partial charge in [-0.2, -0.15) is 26.3 Å². The van der Waals surface area contributed by atoms with E-state index in [1.807, 2.05) is 0 Å². The van der Waals surface area contributed by atoms with E-state index in [-0.39, 0.29) is 46.7 Å². The van der Waals surface area contributed by atoms with E-state index < -0.39 is 132 Å². The van der Waals surface area contributed by atoms with Crippen molar-refractivity contribution in [3.05, 3.63) is 92.8 Å². The van der Waals surface area contributed by atoms with Crippen molar-refractivity contribution < 1.29 is 93.1 Å². The SMILES string of the molecule is CCC1(C(=O)O)C(COC(C)=O)NC(C)C(C)(C(=O)O)C1c1cccc(F)c1CC(F)(F)F.CCOC(=O)C1=C(COC(C)=O)NC(C)=C(C(=O)OC)C1c1cccc(F)c1CC(F)(F)F. The van der Waals surface area contributed by atoms with Gasteiger partial charge in [0, 0.05) is 42.6 Å². The van der Waals surface area contributed by atoms with Crippen molar-refractivity contribution in [2.75, 3.05) is 26.9 Å². The van der Waals surface area contributed by atoms with Crippen LogP contribution in [-0.2, 0) is 60.6 Å². The number of aliphatic carboxylic acids is 2. The number of ether oxygens (including phenoxy) is 4. The van der Waals surface area contributed by atoms with Gasteiger partial charge in [-0.1, -0.05) is 31.2 Å². The molecule has 0 saturated carbocycles. The third kappa shape index (κ3) is 11.8. The fraction of sp³-hybridized carbons (Fsp3) is 0.500. The first kappa shape index (κ1) is 54.3. The van der Waals surface area contributed by atoms with Crippen LogP contribution >= 0.6 is 0 Å². The fourth-order valence-electron chi connectivity index (χ4n) is 8.58. The zero-order chi connectivity index (χ0) is 50.3. The van der Waals surface area contributed by atoms with E-state index in [9.17, 15) is 74.1 Å². The second-order valence-electron chi connectivity index (χ2n) is 15.6. The van der Waals surface area contributed by atoms with E-state index in [1.165, 1.54) is 46.8 Å². The van der Waals surface area contributed by atoms with Gasteiger partial charge in [0.05, 0.1) is 66.2 Å². The van der Waals surface area contributed by atoms with E-state index in [4.69, 9.17) is 18.9 Å². The summed E-state index contributed by atoms with van der Waals surface area (Å²) in [6.07, 6.45) is -13.2. The number of carbonyl (C=O) groups excluding carboxylic acids is 4. The lowest BCUT2D eigenvalue weighted by Gasteiger charge is -2.56. The van der Waals surface area contributed by atoms with Crippen LogP contribution in [0, 0.1) is 22.5 Å². The standard InChI is InChI=1S/C22H27F4NO6.C22H23F4NO6/c1-5-21(19(31)32)16(10-33-12(3)28)27-11(2)20(4,18(29)30)17(21)13-7-6-8-15(23)14(13)9-22(24,25)26;1-5-32-21(30)19-16(10-33-12(3)28)27-11(2)17(20(29)31-4)18(19)13-7-6-8-15(23)14(13)9-22(24,25)26/h6-8,11,16-17,27H,5,9-10H2,1-4H3,(H,29,30)(H,31,32);6-8,18,27H,5,9-10H2,1-4H3. The Morgan fingerprint density at radius 2 is 1.27 bits per heavy atom. The van der Waals surface area contributed by atoms with Crippen molar-refractivity contribution in [1.82, 2.24) is 10.6 Å². The molecule has 2 aromatic rings. The van der Waals surface area contributed by atoms with Gasteiger partial charge in [-0.15, -0.1) is 0 Å². The van der Waals surface area contributed by atoms with Crippen LogP contribution < -0.4 is 10.6 Å². The Morgan fingerprint density at radius 1 is 0.758 bits per heavy atom. The van der Waals surface area contributed by atoms with Gasteiger partial charge >= 0.3 is 48.2 Å². The summed E-state index contributed by atoms with van der Waals surface area (Å²) in [6, 6.07) is 4.18. The lowest BCUT2D eigenvalue weighted by molar-refractivity contribution is -0.176. The third-order valence-electron chi connectivity index (χ3n) is 11.6. The van der Waals surface area contributed by atoms with Gasteiger partial charge < -0.3 is 39.8 Å².